The standard InChI is InChI=1S/C19H24N4O3S/c1-3-7-20-18(24)14-22-8-10-23(11-9-22)27(25,26)17-6-4-5-16-12-15(2)13-21-19(16)17/h3-6,12-13H,1,7-11,14H2,2H3,(H,20,24). The number of piperazine rings is 1. The average molecular weight is 388 g/mol. The largest absolute Gasteiger partial charge is 0.352 e. The van der Waals surface area contributed by atoms with Gasteiger partial charge in [-0.05, 0) is 24.6 Å². The topological polar surface area (TPSA) is 82.6 Å². The van der Waals surface area contributed by atoms with Crippen LogP contribution < -0.4 is 5.32 Å². The lowest BCUT2D eigenvalue weighted by Crippen LogP contribution is -2.51. The molecule has 1 N–H and O–H groups in total. The fraction of sp³-hybridized carbons (Fsp3) is 0.368. The Kier molecular flexibility index (Phi) is 5.88. The molecule has 8 heteroatoms. The predicted molar refractivity (Wildman–Crippen MR) is 105 cm³/mol. The van der Waals surface area contributed by atoms with Gasteiger partial charge >= 0.3 is 0 Å². The summed E-state index contributed by atoms with van der Waals surface area (Å²) in [6.45, 7) is 7.90. The van der Waals surface area contributed by atoms with E-state index < -0.39 is 10.0 Å². The summed E-state index contributed by atoms with van der Waals surface area (Å²) in [6.07, 6.45) is 3.31. The van der Waals surface area contributed by atoms with Crippen molar-refractivity contribution in [2.75, 3.05) is 39.3 Å². The lowest BCUT2D eigenvalue weighted by molar-refractivity contribution is -0.122. The summed E-state index contributed by atoms with van der Waals surface area (Å²) in [4.78, 5) is 18.3. The Bertz CT molecular complexity index is 951. The Hall–Kier alpha value is -2.29. The molecule has 1 aromatic carbocycles. The number of rotatable bonds is 6. The zero-order chi connectivity index (χ0) is 19.4. The van der Waals surface area contributed by atoms with Crippen LogP contribution in [-0.2, 0) is 14.8 Å². The fourth-order valence-electron chi connectivity index (χ4n) is 3.16. The Morgan fingerprint density at radius 2 is 2.04 bits per heavy atom. The molecule has 1 aliphatic heterocycles. The minimum atomic E-state index is -3.64. The van der Waals surface area contributed by atoms with Crippen LogP contribution in [0.5, 0.6) is 0 Å². The number of nitrogens with one attached hydrogen (secondary N) is 1. The van der Waals surface area contributed by atoms with Gasteiger partial charge in [-0.3, -0.25) is 14.7 Å². The van der Waals surface area contributed by atoms with E-state index in [4.69, 9.17) is 0 Å². The normalized spacial score (nSPS) is 16.3. The number of carbonyl (C=O) groups excluding carboxylic acids is 1. The smallest absolute Gasteiger partial charge is 0.245 e. The van der Waals surface area contributed by atoms with Crippen LogP contribution in [0.4, 0.5) is 0 Å². The van der Waals surface area contributed by atoms with Crippen molar-refractivity contribution in [2.24, 2.45) is 0 Å². The number of carbonyl (C=O) groups is 1. The molecule has 27 heavy (non-hydrogen) atoms. The minimum Gasteiger partial charge on any atom is -0.352 e. The van der Waals surface area contributed by atoms with E-state index in [1.807, 2.05) is 24.0 Å². The third kappa shape index (κ3) is 4.35. The van der Waals surface area contributed by atoms with Gasteiger partial charge in [0.15, 0.2) is 0 Å². The van der Waals surface area contributed by atoms with Gasteiger partial charge in [0.25, 0.3) is 0 Å². The van der Waals surface area contributed by atoms with Crippen molar-refractivity contribution in [1.82, 2.24) is 19.5 Å². The lowest BCUT2D eigenvalue weighted by Gasteiger charge is -2.33. The highest BCUT2D eigenvalue weighted by molar-refractivity contribution is 7.89. The second-order valence-electron chi connectivity index (χ2n) is 6.61. The number of aromatic nitrogens is 1. The predicted octanol–water partition coefficient (Wildman–Crippen LogP) is 1.15. The zero-order valence-electron chi connectivity index (χ0n) is 15.4. The van der Waals surface area contributed by atoms with E-state index in [1.54, 1.807) is 24.4 Å². The molecule has 1 aromatic heterocycles. The van der Waals surface area contributed by atoms with Crippen LogP contribution in [0.1, 0.15) is 5.56 Å². The van der Waals surface area contributed by atoms with Crippen LogP contribution >= 0.6 is 0 Å². The number of aryl methyl sites for hydroxylation is 1. The van der Waals surface area contributed by atoms with Crippen molar-refractivity contribution in [3.8, 4) is 0 Å². The van der Waals surface area contributed by atoms with E-state index in [2.05, 4.69) is 16.9 Å². The molecule has 7 nitrogen and oxygen atoms in total. The van der Waals surface area contributed by atoms with Gasteiger partial charge in [-0.15, -0.1) is 6.58 Å². The molecule has 2 heterocycles. The molecule has 2 aromatic rings. The molecule has 0 atom stereocenters. The highest BCUT2D eigenvalue weighted by Crippen LogP contribution is 2.25. The molecule has 0 radical (unpaired) electrons. The molecule has 0 bridgehead atoms. The van der Waals surface area contributed by atoms with Gasteiger partial charge in [-0.25, -0.2) is 8.42 Å². The Labute approximate surface area is 159 Å². The maximum atomic E-state index is 13.1. The first kappa shape index (κ1) is 19.5. The molecule has 1 saturated heterocycles. The fourth-order valence-corrected chi connectivity index (χ4v) is 4.75. The number of hydrogen-bond acceptors (Lipinski definition) is 5. The van der Waals surface area contributed by atoms with Gasteiger partial charge < -0.3 is 5.32 Å². The highest BCUT2D eigenvalue weighted by atomic mass is 32.2. The number of benzene rings is 1. The van der Waals surface area contributed by atoms with E-state index in [-0.39, 0.29) is 17.3 Å². The summed E-state index contributed by atoms with van der Waals surface area (Å²) in [5.41, 5.74) is 1.48. The maximum Gasteiger partial charge on any atom is 0.245 e. The van der Waals surface area contributed by atoms with Crippen molar-refractivity contribution in [2.45, 2.75) is 11.8 Å². The summed E-state index contributed by atoms with van der Waals surface area (Å²) in [7, 11) is -3.64. The van der Waals surface area contributed by atoms with Crippen molar-refractivity contribution in [1.29, 1.82) is 0 Å². The molecule has 0 aliphatic carbocycles. The first-order chi connectivity index (χ1) is 12.9. The number of fused-ring (bicyclic) bond motifs is 1. The molecule has 1 fully saturated rings. The van der Waals surface area contributed by atoms with Crippen LogP contribution in [0.25, 0.3) is 10.9 Å². The third-order valence-electron chi connectivity index (χ3n) is 4.57. The summed E-state index contributed by atoms with van der Waals surface area (Å²) >= 11 is 0. The van der Waals surface area contributed by atoms with Crippen LogP contribution in [0, 0.1) is 6.92 Å². The highest BCUT2D eigenvalue weighted by Gasteiger charge is 2.30. The van der Waals surface area contributed by atoms with Crippen LogP contribution in [0.3, 0.4) is 0 Å². The summed E-state index contributed by atoms with van der Waals surface area (Å²) < 4.78 is 27.7. The zero-order valence-corrected chi connectivity index (χ0v) is 16.2. The number of amides is 1. The number of nitrogens with zero attached hydrogens (tertiary/aromatic N) is 3. The Morgan fingerprint density at radius 1 is 1.30 bits per heavy atom. The number of hydrogen-bond donors (Lipinski definition) is 1. The second-order valence-corrected chi connectivity index (χ2v) is 8.52. The van der Waals surface area contributed by atoms with Crippen molar-refractivity contribution < 1.29 is 13.2 Å². The van der Waals surface area contributed by atoms with Crippen molar-refractivity contribution in [3.05, 3.63) is 48.7 Å². The second kappa shape index (κ2) is 8.16. The van der Waals surface area contributed by atoms with Crippen molar-refractivity contribution >= 4 is 26.8 Å². The molecular weight excluding hydrogens is 364 g/mol. The Morgan fingerprint density at radius 3 is 2.74 bits per heavy atom. The minimum absolute atomic E-state index is 0.0835. The third-order valence-corrected chi connectivity index (χ3v) is 6.50. The van der Waals surface area contributed by atoms with E-state index in [1.165, 1.54) is 4.31 Å². The summed E-state index contributed by atoms with van der Waals surface area (Å²) in [6, 6.07) is 7.15. The molecular formula is C19H24N4O3S. The van der Waals surface area contributed by atoms with Gasteiger partial charge in [0.2, 0.25) is 15.9 Å². The number of sulfonamides is 1. The van der Waals surface area contributed by atoms with Gasteiger partial charge in [0, 0.05) is 44.3 Å². The maximum absolute atomic E-state index is 13.1. The Balaban J connectivity index is 1.72. The average Bonchev–Trinajstić information content (AvgIpc) is 2.66. The van der Waals surface area contributed by atoms with Crippen LogP contribution in [0.2, 0.25) is 0 Å². The molecule has 1 amide bonds. The molecule has 144 valence electrons. The summed E-state index contributed by atoms with van der Waals surface area (Å²) in [5, 5.41) is 3.55. The van der Waals surface area contributed by atoms with E-state index >= 15 is 0 Å². The van der Waals surface area contributed by atoms with Gasteiger partial charge in [-0.1, -0.05) is 18.2 Å². The van der Waals surface area contributed by atoms with Gasteiger partial charge in [-0.2, -0.15) is 4.31 Å². The molecule has 0 unspecified atom stereocenters. The SMILES string of the molecule is C=CCNC(=O)CN1CCN(S(=O)(=O)c2cccc3cc(C)cnc23)CC1. The quantitative estimate of drug-likeness (QED) is 0.751. The van der Waals surface area contributed by atoms with E-state index in [0.717, 1.165) is 10.9 Å². The van der Waals surface area contributed by atoms with Gasteiger partial charge in [0.05, 0.1) is 12.1 Å². The van der Waals surface area contributed by atoms with E-state index in [9.17, 15) is 13.2 Å². The monoisotopic (exact) mass is 388 g/mol. The van der Waals surface area contributed by atoms with Crippen LogP contribution in [-0.4, -0.2) is 67.8 Å². The first-order valence-electron chi connectivity index (χ1n) is 8.87. The van der Waals surface area contributed by atoms with Gasteiger partial charge in [0.1, 0.15) is 4.90 Å². The van der Waals surface area contributed by atoms with Crippen LogP contribution in [0.15, 0.2) is 48.0 Å². The number of pyridine rings is 1. The van der Waals surface area contributed by atoms with E-state index in [0.29, 0.717) is 38.2 Å². The molecule has 0 saturated carbocycles. The first-order valence-corrected chi connectivity index (χ1v) is 10.3. The molecule has 0 spiro atoms. The summed E-state index contributed by atoms with van der Waals surface area (Å²) in [5.74, 6) is -0.0835. The molecule has 1 aliphatic rings. The van der Waals surface area contributed by atoms with Crippen molar-refractivity contribution in [3.63, 3.8) is 0 Å². The number of para-hydroxylation sites is 1. The lowest BCUT2D eigenvalue weighted by atomic mass is 10.2. The molecule has 3 rings (SSSR count).